The molecule has 2 N–H and O–H groups in total. The molecule has 0 amide bonds. The van der Waals surface area contributed by atoms with Crippen LogP contribution in [0.1, 0.15) is 18.9 Å². The smallest absolute Gasteiger partial charge is 0.0658 e. The average molecular weight is 315 g/mol. The zero-order valence-corrected chi connectivity index (χ0v) is 13.0. The lowest BCUT2D eigenvalue weighted by atomic mass is 9.94. The van der Waals surface area contributed by atoms with E-state index in [4.69, 9.17) is 10.5 Å². The van der Waals surface area contributed by atoms with Crippen LogP contribution in [0.5, 0.6) is 0 Å². The summed E-state index contributed by atoms with van der Waals surface area (Å²) in [6.07, 6.45) is 0.971. The first-order chi connectivity index (χ1) is 8.59. The third-order valence-electron chi connectivity index (χ3n) is 3.63. The number of ether oxygens (including phenoxy) is 1. The highest BCUT2D eigenvalue weighted by Crippen LogP contribution is 2.23. The molecule has 1 rings (SSSR count). The van der Waals surface area contributed by atoms with Gasteiger partial charge in [0.2, 0.25) is 0 Å². The molecule has 0 heterocycles. The van der Waals surface area contributed by atoms with Crippen LogP contribution in [0.3, 0.4) is 0 Å². The number of nitrogens with zero attached hydrogens (tertiary/aromatic N) is 1. The zero-order chi connectivity index (χ0) is 13.6. The maximum absolute atomic E-state index is 5.96. The second-order valence-electron chi connectivity index (χ2n) is 4.66. The monoisotopic (exact) mass is 314 g/mol. The topological polar surface area (TPSA) is 38.5 Å². The Morgan fingerprint density at radius 1 is 1.39 bits per heavy atom. The predicted molar refractivity (Wildman–Crippen MR) is 79.6 cm³/mol. The number of rotatable bonds is 7. The number of methoxy groups -OCH3 is 1. The zero-order valence-electron chi connectivity index (χ0n) is 11.4. The number of halogens is 1. The molecule has 0 aliphatic heterocycles. The Morgan fingerprint density at radius 3 is 2.56 bits per heavy atom. The summed E-state index contributed by atoms with van der Waals surface area (Å²) in [5, 5.41) is 0. The average Bonchev–Trinajstić information content (AvgIpc) is 2.38. The molecule has 0 spiro atoms. The minimum absolute atomic E-state index is 0.0932. The standard InChI is InChI=1S/C14H23BrN2O/c1-4-14(10-16,11-18-3)17(2)9-12-7-5-6-8-13(12)15/h5-8H,4,9-11,16H2,1-3H3. The van der Waals surface area contributed by atoms with Gasteiger partial charge >= 0.3 is 0 Å². The summed E-state index contributed by atoms with van der Waals surface area (Å²) in [5.41, 5.74) is 7.14. The van der Waals surface area contributed by atoms with E-state index < -0.39 is 0 Å². The minimum Gasteiger partial charge on any atom is -0.383 e. The van der Waals surface area contributed by atoms with Crippen molar-refractivity contribution in [3.63, 3.8) is 0 Å². The summed E-state index contributed by atoms with van der Waals surface area (Å²) in [4.78, 5) is 2.29. The number of benzene rings is 1. The molecule has 0 saturated heterocycles. The SMILES string of the molecule is CCC(CN)(COC)N(C)Cc1ccccc1Br. The molecule has 18 heavy (non-hydrogen) atoms. The third-order valence-corrected chi connectivity index (χ3v) is 4.40. The maximum atomic E-state index is 5.96. The Kier molecular flexibility index (Phi) is 6.29. The highest BCUT2D eigenvalue weighted by Gasteiger charge is 2.31. The molecule has 0 bridgehead atoms. The van der Waals surface area contributed by atoms with Crippen LogP contribution in [0.2, 0.25) is 0 Å². The van der Waals surface area contributed by atoms with Crippen LogP contribution >= 0.6 is 15.9 Å². The van der Waals surface area contributed by atoms with Crippen molar-refractivity contribution in [2.75, 3.05) is 27.3 Å². The van der Waals surface area contributed by atoms with Gasteiger partial charge in [0.1, 0.15) is 0 Å². The van der Waals surface area contributed by atoms with Gasteiger partial charge in [0.25, 0.3) is 0 Å². The molecule has 102 valence electrons. The molecule has 1 aromatic carbocycles. The van der Waals surface area contributed by atoms with Crippen LogP contribution in [0.25, 0.3) is 0 Å². The molecule has 3 nitrogen and oxygen atoms in total. The Labute approximate surface area is 118 Å². The lowest BCUT2D eigenvalue weighted by molar-refractivity contribution is 0.0233. The molecule has 1 aromatic rings. The highest BCUT2D eigenvalue weighted by molar-refractivity contribution is 9.10. The molecule has 1 unspecified atom stereocenters. The molecule has 0 radical (unpaired) electrons. The van der Waals surface area contributed by atoms with E-state index >= 15 is 0 Å². The van der Waals surface area contributed by atoms with Gasteiger partial charge in [0.05, 0.1) is 12.1 Å². The van der Waals surface area contributed by atoms with Gasteiger partial charge in [-0.1, -0.05) is 41.1 Å². The van der Waals surface area contributed by atoms with Crippen LogP contribution in [0.4, 0.5) is 0 Å². The lowest BCUT2D eigenvalue weighted by Gasteiger charge is -2.40. The van der Waals surface area contributed by atoms with Crippen molar-refractivity contribution in [2.24, 2.45) is 5.73 Å². The van der Waals surface area contributed by atoms with E-state index in [9.17, 15) is 0 Å². The van der Waals surface area contributed by atoms with Crippen molar-refractivity contribution in [3.8, 4) is 0 Å². The van der Waals surface area contributed by atoms with Crippen LogP contribution < -0.4 is 5.73 Å². The first-order valence-electron chi connectivity index (χ1n) is 6.23. The Balaban J connectivity index is 2.85. The normalized spacial score (nSPS) is 14.8. The van der Waals surface area contributed by atoms with E-state index in [-0.39, 0.29) is 5.54 Å². The van der Waals surface area contributed by atoms with E-state index in [1.54, 1.807) is 7.11 Å². The summed E-state index contributed by atoms with van der Waals surface area (Å²) < 4.78 is 6.48. The highest BCUT2D eigenvalue weighted by atomic mass is 79.9. The molecule has 0 aliphatic rings. The number of hydrogen-bond donors (Lipinski definition) is 1. The quantitative estimate of drug-likeness (QED) is 0.841. The Morgan fingerprint density at radius 2 is 2.06 bits per heavy atom. The van der Waals surface area contributed by atoms with Crippen LogP contribution in [0.15, 0.2) is 28.7 Å². The number of hydrogen-bond acceptors (Lipinski definition) is 3. The van der Waals surface area contributed by atoms with Crippen molar-refractivity contribution in [2.45, 2.75) is 25.4 Å². The predicted octanol–water partition coefficient (Wildman–Crippen LogP) is 2.63. The second kappa shape index (κ2) is 7.24. The van der Waals surface area contributed by atoms with Crippen molar-refractivity contribution in [1.82, 2.24) is 4.90 Å². The van der Waals surface area contributed by atoms with Crippen molar-refractivity contribution in [1.29, 1.82) is 0 Å². The second-order valence-corrected chi connectivity index (χ2v) is 5.52. The van der Waals surface area contributed by atoms with E-state index in [1.807, 2.05) is 6.07 Å². The van der Waals surface area contributed by atoms with Gasteiger partial charge in [-0.25, -0.2) is 0 Å². The molecule has 1 atom stereocenters. The van der Waals surface area contributed by atoms with E-state index in [0.29, 0.717) is 13.2 Å². The van der Waals surface area contributed by atoms with Gasteiger partial charge in [0.15, 0.2) is 0 Å². The molecule has 4 heteroatoms. The van der Waals surface area contributed by atoms with Crippen molar-refractivity contribution >= 4 is 15.9 Å². The van der Waals surface area contributed by atoms with E-state index in [0.717, 1.165) is 17.4 Å². The molecule has 0 saturated carbocycles. The molecule has 0 aromatic heterocycles. The summed E-state index contributed by atoms with van der Waals surface area (Å²) in [7, 11) is 3.83. The maximum Gasteiger partial charge on any atom is 0.0658 e. The van der Waals surface area contributed by atoms with Crippen molar-refractivity contribution in [3.05, 3.63) is 34.3 Å². The largest absolute Gasteiger partial charge is 0.383 e. The molecule has 0 fully saturated rings. The summed E-state index contributed by atoms with van der Waals surface area (Å²) in [5.74, 6) is 0. The van der Waals surface area contributed by atoms with Gasteiger partial charge < -0.3 is 10.5 Å². The lowest BCUT2D eigenvalue weighted by Crippen LogP contribution is -2.54. The molecular weight excluding hydrogens is 292 g/mol. The first kappa shape index (κ1) is 15.6. The fourth-order valence-corrected chi connectivity index (χ4v) is 2.57. The Bertz CT molecular complexity index is 367. The van der Waals surface area contributed by atoms with Crippen LogP contribution in [0, 0.1) is 0 Å². The molecule has 0 aliphatic carbocycles. The van der Waals surface area contributed by atoms with Gasteiger partial charge in [-0.05, 0) is 25.1 Å². The fraction of sp³-hybridized carbons (Fsp3) is 0.571. The van der Waals surface area contributed by atoms with Gasteiger partial charge in [-0.3, -0.25) is 4.90 Å². The first-order valence-corrected chi connectivity index (χ1v) is 7.02. The molecular formula is C14H23BrN2O. The van der Waals surface area contributed by atoms with E-state index in [2.05, 4.69) is 53.0 Å². The van der Waals surface area contributed by atoms with Crippen LogP contribution in [-0.4, -0.2) is 37.7 Å². The summed E-state index contributed by atoms with van der Waals surface area (Å²) in [6.45, 7) is 4.26. The summed E-state index contributed by atoms with van der Waals surface area (Å²) >= 11 is 3.59. The van der Waals surface area contributed by atoms with Gasteiger partial charge in [-0.15, -0.1) is 0 Å². The Hall–Kier alpha value is -0.420. The van der Waals surface area contributed by atoms with Crippen molar-refractivity contribution < 1.29 is 4.74 Å². The fourth-order valence-electron chi connectivity index (χ4n) is 2.16. The van der Waals surface area contributed by atoms with Gasteiger partial charge in [-0.2, -0.15) is 0 Å². The van der Waals surface area contributed by atoms with Crippen LogP contribution in [-0.2, 0) is 11.3 Å². The number of nitrogens with two attached hydrogens (primary N) is 1. The number of likely N-dealkylation sites (N-methyl/N-ethyl adjacent to an activating group) is 1. The summed E-state index contributed by atoms with van der Waals surface area (Å²) in [6, 6.07) is 8.28. The minimum atomic E-state index is -0.0932. The third kappa shape index (κ3) is 3.54. The van der Waals surface area contributed by atoms with Gasteiger partial charge in [0, 0.05) is 24.7 Å². The van der Waals surface area contributed by atoms with E-state index in [1.165, 1.54) is 5.56 Å².